The van der Waals surface area contributed by atoms with Crippen LogP contribution in [0, 0.1) is 0 Å². The molecule has 2 aliphatic heterocycles. The average molecular weight is 534 g/mol. The van der Waals surface area contributed by atoms with Crippen molar-refractivity contribution < 1.29 is 5.11 Å². The van der Waals surface area contributed by atoms with E-state index >= 15 is 0 Å². The lowest BCUT2D eigenvalue weighted by Crippen LogP contribution is -2.55. The van der Waals surface area contributed by atoms with E-state index in [2.05, 4.69) is 78.5 Å². The van der Waals surface area contributed by atoms with Gasteiger partial charge in [-0.2, -0.15) is 0 Å². The first kappa shape index (κ1) is 27.9. The van der Waals surface area contributed by atoms with Gasteiger partial charge in [-0.15, -0.1) is 0 Å². The number of pyridine rings is 1. The molecule has 0 unspecified atom stereocenters. The fourth-order valence-electron chi connectivity index (χ4n) is 7.05. The van der Waals surface area contributed by atoms with E-state index in [9.17, 15) is 5.11 Å². The molecule has 39 heavy (non-hydrogen) atoms. The molecule has 4 heterocycles. The second kappa shape index (κ2) is 11.4. The van der Waals surface area contributed by atoms with Crippen LogP contribution in [0.4, 0.5) is 5.69 Å². The summed E-state index contributed by atoms with van der Waals surface area (Å²) in [5, 5.41) is 13.8. The van der Waals surface area contributed by atoms with Crippen molar-refractivity contribution in [3.63, 3.8) is 0 Å². The maximum atomic E-state index is 10.1. The molecule has 2 N–H and O–H groups in total. The van der Waals surface area contributed by atoms with Crippen molar-refractivity contribution in [2.75, 3.05) is 45.2 Å². The number of imidazole rings is 1. The molecule has 0 spiro atoms. The number of nitrogens with one attached hydrogen (secondary N) is 1. The van der Waals surface area contributed by atoms with Crippen LogP contribution >= 0.6 is 0 Å². The lowest BCUT2D eigenvalue weighted by atomic mass is 9.79. The number of phenols is 1. The Morgan fingerprint density at radius 3 is 2.44 bits per heavy atom. The molecule has 212 valence electrons. The molecule has 5 rings (SSSR count). The Hall–Kier alpha value is -2.68. The number of aromatic hydroxyl groups is 1. The van der Waals surface area contributed by atoms with Gasteiger partial charge in [0, 0.05) is 50.3 Å². The Kier molecular flexibility index (Phi) is 8.17. The molecular weight excluding hydrogens is 486 g/mol. The van der Waals surface area contributed by atoms with E-state index in [0.29, 0.717) is 23.9 Å². The van der Waals surface area contributed by atoms with Gasteiger partial charge < -0.3 is 19.9 Å². The highest BCUT2D eigenvalue weighted by molar-refractivity contribution is 5.76. The monoisotopic (exact) mass is 533 g/mol. The van der Waals surface area contributed by atoms with E-state index in [1.807, 2.05) is 18.3 Å². The van der Waals surface area contributed by atoms with Crippen molar-refractivity contribution in [3.8, 4) is 5.75 Å². The minimum atomic E-state index is -0.0886. The minimum absolute atomic E-state index is 0.0886. The van der Waals surface area contributed by atoms with E-state index < -0.39 is 0 Å². The molecule has 0 amide bonds. The molecule has 2 saturated heterocycles. The Morgan fingerprint density at radius 1 is 1.10 bits per heavy atom. The predicted octanol–water partition coefficient (Wildman–Crippen LogP) is 4.74. The molecule has 2 aliphatic rings. The second-order valence-corrected chi connectivity index (χ2v) is 11.9. The van der Waals surface area contributed by atoms with Gasteiger partial charge in [-0.3, -0.25) is 9.80 Å². The van der Waals surface area contributed by atoms with Crippen molar-refractivity contribution in [3.05, 3.63) is 47.9 Å². The highest BCUT2D eigenvalue weighted by Gasteiger charge is 2.39. The van der Waals surface area contributed by atoms with Crippen LogP contribution in [0.3, 0.4) is 0 Å². The standard InChI is InChI=1S/C31H47N7O/c1-7-10-28(37-20-22(3)33-23(4)21-37)30-34-27-18-25(19-32-29(27)38(30)8-2)36-15-13-31(14-16-36,35(5)6)24-11-9-12-26(39)17-24/h9,11-12,17-19,22-23,28,33,39H,7-8,10,13-16,20-21H2,1-6H3/t22-,23+,28-/m1/s1. The van der Waals surface area contributed by atoms with Crippen LogP contribution in [0.1, 0.15) is 70.8 Å². The van der Waals surface area contributed by atoms with Crippen LogP contribution < -0.4 is 10.2 Å². The van der Waals surface area contributed by atoms with Gasteiger partial charge in [-0.05, 0) is 77.9 Å². The van der Waals surface area contributed by atoms with Gasteiger partial charge in [0.2, 0.25) is 0 Å². The van der Waals surface area contributed by atoms with Gasteiger partial charge in [0.1, 0.15) is 17.1 Å². The van der Waals surface area contributed by atoms with E-state index in [1.54, 1.807) is 6.07 Å². The number of rotatable bonds is 8. The zero-order valence-corrected chi connectivity index (χ0v) is 24.7. The Bertz CT molecular complexity index is 1250. The third kappa shape index (κ3) is 5.39. The van der Waals surface area contributed by atoms with Crippen LogP contribution in [-0.2, 0) is 12.1 Å². The van der Waals surface area contributed by atoms with Gasteiger partial charge >= 0.3 is 0 Å². The van der Waals surface area contributed by atoms with Gasteiger partial charge in [-0.25, -0.2) is 9.97 Å². The van der Waals surface area contributed by atoms with Crippen molar-refractivity contribution in [2.45, 2.75) is 83.6 Å². The van der Waals surface area contributed by atoms with Crippen LogP contribution in [0.15, 0.2) is 36.5 Å². The maximum absolute atomic E-state index is 10.1. The second-order valence-electron chi connectivity index (χ2n) is 11.9. The van der Waals surface area contributed by atoms with Gasteiger partial charge in [0.05, 0.1) is 17.9 Å². The van der Waals surface area contributed by atoms with E-state index in [1.165, 1.54) is 5.56 Å². The fraction of sp³-hybridized carbons (Fsp3) is 0.613. The molecule has 0 bridgehead atoms. The summed E-state index contributed by atoms with van der Waals surface area (Å²) in [6, 6.07) is 11.3. The smallest absolute Gasteiger partial charge is 0.160 e. The quantitative estimate of drug-likeness (QED) is 0.433. The minimum Gasteiger partial charge on any atom is -0.508 e. The zero-order valence-electron chi connectivity index (χ0n) is 24.7. The summed E-state index contributed by atoms with van der Waals surface area (Å²) in [4.78, 5) is 17.7. The molecule has 1 aromatic carbocycles. The van der Waals surface area contributed by atoms with Gasteiger partial charge in [0.25, 0.3) is 0 Å². The lowest BCUT2D eigenvalue weighted by molar-refractivity contribution is 0.110. The van der Waals surface area contributed by atoms with E-state index in [0.717, 1.165) is 81.1 Å². The number of piperidine rings is 1. The van der Waals surface area contributed by atoms with Crippen LogP contribution in [0.25, 0.3) is 11.2 Å². The number of hydrogen-bond donors (Lipinski definition) is 2. The number of piperazine rings is 1. The molecule has 0 saturated carbocycles. The Balaban J connectivity index is 1.42. The molecule has 8 nitrogen and oxygen atoms in total. The first-order chi connectivity index (χ1) is 18.8. The topological polar surface area (TPSA) is 72.7 Å². The Labute approximate surface area is 234 Å². The summed E-state index contributed by atoms with van der Waals surface area (Å²) in [5.74, 6) is 1.49. The molecule has 3 aromatic rings. The van der Waals surface area contributed by atoms with E-state index in [4.69, 9.17) is 9.97 Å². The summed E-state index contributed by atoms with van der Waals surface area (Å²) in [6.45, 7) is 13.9. The van der Waals surface area contributed by atoms with Crippen LogP contribution in [0.2, 0.25) is 0 Å². The fourth-order valence-corrected chi connectivity index (χ4v) is 7.05. The number of fused-ring (bicyclic) bond motifs is 1. The summed E-state index contributed by atoms with van der Waals surface area (Å²) in [5.41, 5.74) is 4.24. The molecule has 3 atom stereocenters. The van der Waals surface area contributed by atoms with Crippen molar-refractivity contribution in [1.29, 1.82) is 0 Å². The zero-order chi connectivity index (χ0) is 27.7. The van der Waals surface area contributed by atoms with Gasteiger partial charge in [-0.1, -0.05) is 25.5 Å². The highest BCUT2D eigenvalue weighted by Crippen LogP contribution is 2.40. The maximum Gasteiger partial charge on any atom is 0.160 e. The first-order valence-electron chi connectivity index (χ1n) is 14.8. The largest absolute Gasteiger partial charge is 0.508 e. The summed E-state index contributed by atoms with van der Waals surface area (Å²) < 4.78 is 2.34. The number of phenolic OH excluding ortho intramolecular Hbond substituents is 1. The third-order valence-corrected chi connectivity index (χ3v) is 9.00. The molecule has 2 aromatic heterocycles. The van der Waals surface area contributed by atoms with Crippen LogP contribution in [-0.4, -0.2) is 81.8 Å². The van der Waals surface area contributed by atoms with Crippen molar-refractivity contribution in [1.82, 2.24) is 29.7 Å². The normalized spacial score (nSPS) is 23.0. The van der Waals surface area contributed by atoms with Crippen molar-refractivity contribution >= 4 is 16.9 Å². The molecule has 2 fully saturated rings. The Morgan fingerprint density at radius 2 is 1.82 bits per heavy atom. The summed E-state index contributed by atoms with van der Waals surface area (Å²) in [6.07, 6.45) is 6.23. The SMILES string of the molecule is CCC[C@H](c1nc2cc(N3CCC(c4cccc(O)c4)(N(C)C)CC3)cnc2n1CC)N1C[C@@H](C)N[C@@H](C)C1. The number of aryl methyl sites for hydroxylation is 1. The van der Waals surface area contributed by atoms with Gasteiger partial charge in [0.15, 0.2) is 5.65 Å². The average Bonchev–Trinajstić information content (AvgIpc) is 3.28. The molecular formula is C31H47N7O. The van der Waals surface area contributed by atoms with Crippen molar-refractivity contribution in [2.24, 2.45) is 0 Å². The lowest BCUT2D eigenvalue weighted by Gasteiger charge is -2.47. The molecule has 0 aliphatic carbocycles. The number of anilines is 1. The van der Waals surface area contributed by atoms with Crippen LogP contribution in [0.5, 0.6) is 5.75 Å². The summed E-state index contributed by atoms with van der Waals surface area (Å²) >= 11 is 0. The van der Waals surface area contributed by atoms with E-state index in [-0.39, 0.29) is 5.54 Å². The highest BCUT2D eigenvalue weighted by atomic mass is 16.3. The predicted molar refractivity (Wildman–Crippen MR) is 159 cm³/mol. The molecule has 8 heteroatoms. The summed E-state index contributed by atoms with van der Waals surface area (Å²) in [7, 11) is 4.30. The molecule has 0 radical (unpaired) electrons. The number of hydrogen-bond acceptors (Lipinski definition) is 7. The number of benzene rings is 1. The first-order valence-corrected chi connectivity index (χ1v) is 14.8. The number of nitrogens with zero attached hydrogens (tertiary/aromatic N) is 6. The number of aromatic nitrogens is 3. The third-order valence-electron chi connectivity index (χ3n) is 9.00.